The minimum atomic E-state index is -5.19. The Kier molecular flexibility index (Phi) is 7.69. The van der Waals surface area contributed by atoms with Crippen LogP contribution in [0.1, 0.15) is 28.4 Å². The van der Waals surface area contributed by atoms with Gasteiger partial charge in [-0.05, 0) is 23.6 Å². The van der Waals surface area contributed by atoms with Crippen LogP contribution in [0.3, 0.4) is 0 Å². The molecule has 5 rings (SSSR count). The van der Waals surface area contributed by atoms with Crippen molar-refractivity contribution in [1.82, 2.24) is 15.3 Å². The number of imidazole rings is 1. The maximum absolute atomic E-state index is 13.0. The third-order valence-corrected chi connectivity index (χ3v) is 6.08. The smallest absolute Gasteiger partial charge is 0.430 e. The van der Waals surface area contributed by atoms with Crippen LogP contribution < -0.4 is 19.7 Å². The lowest BCUT2D eigenvalue weighted by molar-refractivity contribution is -0.908. The molecule has 37 heavy (non-hydrogen) atoms. The average Bonchev–Trinajstić information content (AvgIpc) is 3.45. The normalized spacial score (nSPS) is 17.4. The summed E-state index contributed by atoms with van der Waals surface area (Å²) in [5.74, 6) is -2.20. The molecule has 2 unspecified atom stereocenters. The monoisotopic (exact) mass is 516 g/mol. The number of aliphatic hydroxyl groups excluding tert-OH is 1. The van der Waals surface area contributed by atoms with Crippen molar-refractivity contribution in [1.29, 1.82) is 0 Å². The van der Waals surface area contributed by atoms with E-state index in [0.717, 1.165) is 53.9 Å². The topological polar surface area (TPSA) is 127 Å². The van der Waals surface area contributed by atoms with Crippen LogP contribution in [0.25, 0.3) is 16.3 Å². The Labute approximate surface area is 209 Å². The third kappa shape index (κ3) is 6.22. The van der Waals surface area contributed by atoms with E-state index in [9.17, 15) is 23.1 Å². The maximum Gasteiger partial charge on any atom is 0.430 e. The maximum atomic E-state index is 13.0. The number of aliphatic hydroxyl groups is 1. The Morgan fingerprint density at radius 1 is 1.19 bits per heavy atom. The van der Waals surface area contributed by atoms with E-state index >= 15 is 0 Å². The highest BCUT2D eigenvalue weighted by Gasteiger charge is 2.31. The first-order chi connectivity index (χ1) is 17.6. The second kappa shape index (κ2) is 10.9. The molecule has 0 aliphatic carbocycles. The molecule has 1 saturated heterocycles. The van der Waals surface area contributed by atoms with Crippen LogP contribution >= 0.6 is 0 Å². The standard InChI is InChI=1S/C23H23N5O2.C2HF3O2/c29-17-9-12-27(14-17)15-21-26-22(20-7-3-4-11-28(20)21)23(30)25-13-19-18-6-2-1-5-16(18)8-10-24-19;3-2(4,5)1(6)7/h1-8,10-11,17,29H,9,12-15H2,(H,25,30);(H,6,7)/p+1. The van der Waals surface area contributed by atoms with Crippen LogP contribution in [0.15, 0.2) is 60.9 Å². The number of H-pyrrole nitrogens is 1. The molecule has 0 bridgehead atoms. The van der Waals surface area contributed by atoms with E-state index in [1.54, 1.807) is 6.20 Å². The van der Waals surface area contributed by atoms with Crippen LogP contribution in [-0.4, -0.2) is 52.3 Å². The Morgan fingerprint density at radius 2 is 1.92 bits per heavy atom. The number of alkyl halides is 3. The number of fused-ring (bicyclic) bond motifs is 2. The molecule has 1 fully saturated rings. The van der Waals surface area contributed by atoms with Crippen LogP contribution in [0.5, 0.6) is 0 Å². The number of halogens is 3. The third-order valence-electron chi connectivity index (χ3n) is 6.08. The summed E-state index contributed by atoms with van der Waals surface area (Å²) in [5.41, 5.74) is 2.24. The van der Waals surface area contributed by atoms with Gasteiger partial charge in [0.1, 0.15) is 18.6 Å². The Balaban J connectivity index is 0.000000405. The summed E-state index contributed by atoms with van der Waals surface area (Å²) in [5, 5.41) is 23.8. The fraction of sp³-hybridized carbons (Fsp3) is 0.280. The fourth-order valence-corrected chi connectivity index (χ4v) is 4.33. The highest BCUT2D eigenvalue weighted by atomic mass is 19.4. The number of nitrogens with zero attached hydrogens (tertiary/aromatic N) is 2. The number of hydrogen-bond acceptors (Lipinski definition) is 5. The van der Waals surface area contributed by atoms with Crippen molar-refractivity contribution >= 4 is 28.2 Å². The molecular formula is C25H25F3N5O4+. The number of benzene rings is 1. The molecule has 4 heterocycles. The summed E-state index contributed by atoms with van der Waals surface area (Å²) < 4.78 is 33.6. The molecule has 1 aliphatic rings. The number of aliphatic carboxylic acids is 1. The average molecular weight is 517 g/mol. The van der Waals surface area contributed by atoms with Crippen molar-refractivity contribution in [3.8, 4) is 0 Å². The van der Waals surface area contributed by atoms with Crippen LogP contribution in [0.2, 0.25) is 0 Å². The summed E-state index contributed by atoms with van der Waals surface area (Å²) in [6, 6.07) is 15.8. The summed E-state index contributed by atoms with van der Waals surface area (Å²) in [4.78, 5) is 30.9. The molecule has 3 aromatic heterocycles. The Bertz CT molecular complexity index is 1420. The minimum absolute atomic E-state index is 0.156. The second-order valence-corrected chi connectivity index (χ2v) is 8.67. The summed E-state index contributed by atoms with van der Waals surface area (Å²) >= 11 is 0. The first-order valence-electron chi connectivity index (χ1n) is 11.6. The molecule has 0 spiro atoms. The summed E-state index contributed by atoms with van der Waals surface area (Å²) in [6.07, 6.45) is -0.864. The Morgan fingerprint density at radius 3 is 2.62 bits per heavy atom. The van der Waals surface area contributed by atoms with Gasteiger partial charge in [0, 0.05) is 18.0 Å². The number of likely N-dealkylation sites (tertiary alicyclic amines) is 1. The van der Waals surface area contributed by atoms with Gasteiger partial charge >= 0.3 is 12.0 Å². The van der Waals surface area contributed by atoms with Crippen molar-refractivity contribution in [2.24, 2.45) is 0 Å². The molecule has 4 aromatic rings. The van der Waals surface area contributed by atoms with Gasteiger partial charge in [-0.25, -0.2) is 4.98 Å². The number of aromatic amines is 1. The minimum Gasteiger partial charge on any atom is -0.542 e. The largest absolute Gasteiger partial charge is 0.542 e. The van der Waals surface area contributed by atoms with Crippen molar-refractivity contribution in [2.45, 2.75) is 31.8 Å². The van der Waals surface area contributed by atoms with Gasteiger partial charge in [-0.2, -0.15) is 17.6 Å². The quantitative estimate of drug-likeness (QED) is 0.271. The highest BCUT2D eigenvalue weighted by molar-refractivity contribution is 5.98. The fourth-order valence-electron chi connectivity index (χ4n) is 4.33. The van der Waals surface area contributed by atoms with Gasteiger partial charge in [-0.3, -0.25) is 9.78 Å². The molecule has 1 aliphatic heterocycles. The molecular weight excluding hydrogens is 491 g/mol. The second-order valence-electron chi connectivity index (χ2n) is 8.67. The molecule has 2 atom stereocenters. The summed E-state index contributed by atoms with van der Waals surface area (Å²) in [7, 11) is 0. The van der Waals surface area contributed by atoms with Gasteiger partial charge < -0.3 is 25.2 Å². The van der Waals surface area contributed by atoms with Crippen molar-refractivity contribution in [3.63, 3.8) is 0 Å². The number of carboxylic acids is 1. The predicted molar refractivity (Wildman–Crippen MR) is 123 cm³/mol. The van der Waals surface area contributed by atoms with Crippen molar-refractivity contribution in [2.75, 3.05) is 13.1 Å². The number of carbonyl (C=O) groups excluding carboxylic acids is 2. The molecule has 0 radical (unpaired) electrons. The van der Waals surface area contributed by atoms with E-state index in [-0.39, 0.29) is 12.0 Å². The lowest BCUT2D eigenvalue weighted by Gasteiger charge is -2.08. The summed E-state index contributed by atoms with van der Waals surface area (Å²) in [6.45, 7) is 2.77. The van der Waals surface area contributed by atoms with Gasteiger partial charge in [0.2, 0.25) is 5.69 Å². The van der Waals surface area contributed by atoms with Crippen LogP contribution in [-0.2, 0) is 17.9 Å². The zero-order chi connectivity index (χ0) is 26.6. The highest BCUT2D eigenvalue weighted by Crippen LogP contribution is 2.16. The van der Waals surface area contributed by atoms with E-state index < -0.39 is 12.1 Å². The van der Waals surface area contributed by atoms with E-state index in [1.807, 2.05) is 59.1 Å². The SMILES string of the molecule is O=C(NCc1nccc2ccccc12)c1[nH]c(C[NH+]2CCC(O)C2)[n+]2ccccc12.O=C([O-])C(F)(F)F. The zero-order valence-electron chi connectivity index (χ0n) is 19.6. The number of pyridine rings is 2. The van der Waals surface area contributed by atoms with Gasteiger partial charge in [-0.1, -0.05) is 30.3 Å². The molecule has 1 aromatic carbocycles. The number of nitrogens with one attached hydrogen (secondary N) is 3. The molecule has 12 heteroatoms. The molecule has 1 amide bonds. The predicted octanol–water partition coefficient (Wildman–Crippen LogP) is -0.320. The zero-order valence-corrected chi connectivity index (χ0v) is 19.6. The molecule has 194 valence electrons. The van der Waals surface area contributed by atoms with E-state index in [4.69, 9.17) is 9.90 Å². The number of carboxylic acid groups (broad SMARTS) is 1. The number of aromatic nitrogens is 3. The van der Waals surface area contributed by atoms with Crippen LogP contribution in [0.4, 0.5) is 13.2 Å². The van der Waals surface area contributed by atoms with Gasteiger partial charge in [0.05, 0.1) is 25.0 Å². The lowest BCUT2D eigenvalue weighted by Crippen LogP contribution is -3.09. The molecule has 0 saturated carbocycles. The van der Waals surface area contributed by atoms with Gasteiger partial charge in [0.15, 0.2) is 12.1 Å². The van der Waals surface area contributed by atoms with Crippen molar-refractivity contribution < 1.29 is 42.3 Å². The molecule has 9 nitrogen and oxygen atoms in total. The lowest BCUT2D eigenvalue weighted by atomic mass is 10.1. The number of carbonyl (C=O) groups is 2. The number of rotatable bonds is 5. The number of amides is 1. The van der Waals surface area contributed by atoms with Gasteiger partial charge in [-0.15, -0.1) is 0 Å². The van der Waals surface area contributed by atoms with Gasteiger partial charge in [0.25, 0.3) is 5.91 Å². The van der Waals surface area contributed by atoms with Crippen molar-refractivity contribution in [3.05, 3.63) is 78.1 Å². The first kappa shape index (κ1) is 26.0. The van der Waals surface area contributed by atoms with E-state index in [2.05, 4.69) is 15.3 Å². The molecule has 4 N–H and O–H groups in total. The first-order valence-corrected chi connectivity index (χ1v) is 11.6. The Hall–Kier alpha value is -4.03. The van der Waals surface area contributed by atoms with Crippen LogP contribution in [0, 0.1) is 0 Å². The van der Waals surface area contributed by atoms with E-state index in [1.165, 1.54) is 4.90 Å². The van der Waals surface area contributed by atoms with E-state index in [0.29, 0.717) is 12.2 Å². The number of hydrogen-bond donors (Lipinski definition) is 4. The number of quaternary nitrogens is 1.